The van der Waals surface area contributed by atoms with Crippen molar-refractivity contribution in [3.8, 4) is 0 Å². The molecule has 0 heterocycles. The first kappa shape index (κ1) is 14.8. The minimum atomic E-state index is 0.0792. The van der Waals surface area contributed by atoms with Crippen LogP contribution in [0.25, 0.3) is 0 Å². The van der Waals surface area contributed by atoms with E-state index < -0.39 is 0 Å². The predicted molar refractivity (Wildman–Crippen MR) is 72.0 cm³/mol. The topological polar surface area (TPSA) is 64.4 Å². The van der Waals surface area contributed by atoms with Crippen LogP contribution in [0.4, 0.5) is 0 Å². The Morgan fingerprint density at radius 3 is 2.38 bits per heavy atom. The zero-order chi connectivity index (χ0) is 12.6. The molecular formula is C13H25N3. The van der Waals surface area contributed by atoms with Crippen molar-refractivity contribution in [1.82, 2.24) is 0 Å². The second-order valence-corrected chi connectivity index (χ2v) is 4.68. The van der Waals surface area contributed by atoms with E-state index in [2.05, 4.69) is 32.3 Å². The van der Waals surface area contributed by atoms with Gasteiger partial charge in [-0.2, -0.15) is 0 Å². The van der Waals surface area contributed by atoms with Crippen LogP contribution in [0.5, 0.6) is 0 Å². The van der Waals surface area contributed by atoms with E-state index in [4.69, 9.17) is 11.5 Å². The maximum Gasteiger partial charge on any atom is 0.190 e. The van der Waals surface area contributed by atoms with E-state index in [0.717, 1.165) is 12.0 Å². The maximum absolute atomic E-state index is 5.31. The SMILES string of the molecule is C=C/C(=C\N=C(N)N)C(C)(C)CCCCC. The van der Waals surface area contributed by atoms with Crippen molar-refractivity contribution >= 4 is 5.96 Å². The average molecular weight is 223 g/mol. The summed E-state index contributed by atoms with van der Waals surface area (Å²) < 4.78 is 0. The van der Waals surface area contributed by atoms with Crippen molar-refractivity contribution in [2.45, 2.75) is 46.5 Å². The van der Waals surface area contributed by atoms with Crippen LogP contribution < -0.4 is 11.5 Å². The molecule has 0 fully saturated rings. The summed E-state index contributed by atoms with van der Waals surface area (Å²) in [5, 5.41) is 0. The molecule has 0 rings (SSSR count). The highest BCUT2D eigenvalue weighted by Crippen LogP contribution is 2.33. The standard InChI is InChI=1S/C13H25N3/c1-5-7-8-9-13(3,4)11(6-2)10-16-12(14)15/h6,10H,2,5,7-9H2,1,3-4H3,(H4,14,15,16)/b11-10+. The summed E-state index contributed by atoms with van der Waals surface area (Å²) in [4.78, 5) is 3.93. The van der Waals surface area contributed by atoms with Gasteiger partial charge in [-0.3, -0.25) is 0 Å². The van der Waals surface area contributed by atoms with Crippen LogP contribution in [0.15, 0.2) is 29.4 Å². The molecule has 0 bridgehead atoms. The van der Waals surface area contributed by atoms with E-state index >= 15 is 0 Å². The Morgan fingerprint density at radius 2 is 1.94 bits per heavy atom. The van der Waals surface area contributed by atoms with Crippen molar-refractivity contribution in [3.05, 3.63) is 24.4 Å². The van der Waals surface area contributed by atoms with E-state index in [9.17, 15) is 0 Å². The third-order valence-corrected chi connectivity index (χ3v) is 2.76. The summed E-state index contributed by atoms with van der Waals surface area (Å²) in [5.74, 6) is 0.0868. The molecule has 0 aliphatic carbocycles. The Morgan fingerprint density at radius 1 is 1.31 bits per heavy atom. The summed E-state index contributed by atoms with van der Waals surface area (Å²) in [7, 11) is 0. The number of aliphatic imine (C=N–C) groups is 1. The smallest absolute Gasteiger partial charge is 0.190 e. The fourth-order valence-corrected chi connectivity index (χ4v) is 1.61. The van der Waals surface area contributed by atoms with Crippen LogP contribution in [0.2, 0.25) is 0 Å². The van der Waals surface area contributed by atoms with Gasteiger partial charge in [0, 0.05) is 6.20 Å². The molecule has 3 nitrogen and oxygen atoms in total. The largest absolute Gasteiger partial charge is 0.370 e. The molecule has 0 aliphatic rings. The van der Waals surface area contributed by atoms with Crippen molar-refractivity contribution < 1.29 is 0 Å². The maximum atomic E-state index is 5.31. The monoisotopic (exact) mass is 223 g/mol. The van der Waals surface area contributed by atoms with Gasteiger partial charge >= 0.3 is 0 Å². The van der Waals surface area contributed by atoms with Gasteiger partial charge in [-0.15, -0.1) is 0 Å². The van der Waals surface area contributed by atoms with Gasteiger partial charge in [-0.1, -0.05) is 52.7 Å². The second kappa shape index (κ2) is 7.09. The van der Waals surface area contributed by atoms with Gasteiger partial charge in [0.1, 0.15) is 0 Å². The summed E-state index contributed by atoms with van der Waals surface area (Å²) in [5.41, 5.74) is 11.8. The van der Waals surface area contributed by atoms with Crippen LogP contribution in [-0.4, -0.2) is 5.96 Å². The number of guanidine groups is 1. The normalized spacial score (nSPS) is 12.3. The molecule has 0 saturated heterocycles. The lowest BCUT2D eigenvalue weighted by atomic mass is 9.80. The van der Waals surface area contributed by atoms with Gasteiger partial charge in [0.25, 0.3) is 0 Å². The van der Waals surface area contributed by atoms with Crippen LogP contribution in [-0.2, 0) is 0 Å². The highest BCUT2D eigenvalue weighted by atomic mass is 15.0. The summed E-state index contributed by atoms with van der Waals surface area (Å²) in [6.45, 7) is 10.4. The number of allylic oxidation sites excluding steroid dienone is 2. The number of nitrogens with two attached hydrogens (primary N) is 2. The highest BCUT2D eigenvalue weighted by Gasteiger charge is 2.20. The van der Waals surface area contributed by atoms with Gasteiger partial charge in [0.2, 0.25) is 0 Å². The minimum Gasteiger partial charge on any atom is -0.370 e. The molecule has 0 amide bonds. The van der Waals surface area contributed by atoms with E-state index in [1.165, 1.54) is 19.3 Å². The van der Waals surface area contributed by atoms with Crippen LogP contribution in [0.1, 0.15) is 46.5 Å². The van der Waals surface area contributed by atoms with Gasteiger partial charge in [0.15, 0.2) is 5.96 Å². The molecule has 0 spiro atoms. The highest BCUT2D eigenvalue weighted by molar-refractivity contribution is 5.76. The zero-order valence-electron chi connectivity index (χ0n) is 10.8. The van der Waals surface area contributed by atoms with E-state index in [1.807, 2.05) is 6.08 Å². The molecule has 0 unspecified atom stereocenters. The fraction of sp³-hybridized carbons (Fsp3) is 0.615. The Balaban J connectivity index is 4.60. The van der Waals surface area contributed by atoms with E-state index in [0.29, 0.717) is 0 Å². The van der Waals surface area contributed by atoms with E-state index in [-0.39, 0.29) is 11.4 Å². The first-order valence-electron chi connectivity index (χ1n) is 5.86. The fourth-order valence-electron chi connectivity index (χ4n) is 1.61. The average Bonchev–Trinajstić information content (AvgIpc) is 2.18. The third kappa shape index (κ3) is 5.59. The molecule has 92 valence electrons. The number of hydrogen-bond acceptors (Lipinski definition) is 1. The van der Waals surface area contributed by atoms with Gasteiger partial charge in [-0.05, 0) is 17.4 Å². The second-order valence-electron chi connectivity index (χ2n) is 4.68. The van der Waals surface area contributed by atoms with Crippen LogP contribution >= 0.6 is 0 Å². The molecule has 4 N–H and O–H groups in total. The Bertz CT molecular complexity index is 271. The summed E-state index contributed by atoms with van der Waals surface area (Å²) >= 11 is 0. The molecule has 0 aromatic carbocycles. The summed E-state index contributed by atoms with van der Waals surface area (Å²) in [6.07, 6.45) is 8.38. The quantitative estimate of drug-likeness (QED) is 0.302. The first-order valence-corrected chi connectivity index (χ1v) is 5.86. The van der Waals surface area contributed by atoms with E-state index in [1.54, 1.807) is 6.20 Å². The lowest BCUT2D eigenvalue weighted by Crippen LogP contribution is -2.22. The van der Waals surface area contributed by atoms with Gasteiger partial charge in [0.05, 0.1) is 0 Å². The number of unbranched alkanes of at least 4 members (excludes halogenated alkanes) is 2. The minimum absolute atomic E-state index is 0.0792. The number of nitrogens with zero attached hydrogens (tertiary/aromatic N) is 1. The first-order chi connectivity index (χ1) is 7.44. The molecular weight excluding hydrogens is 198 g/mol. The van der Waals surface area contributed by atoms with Crippen molar-refractivity contribution in [3.63, 3.8) is 0 Å². The van der Waals surface area contributed by atoms with Crippen molar-refractivity contribution in [2.75, 3.05) is 0 Å². The molecule has 0 aromatic heterocycles. The Kier molecular flexibility index (Phi) is 6.54. The number of rotatable bonds is 7. The van der Waals surface area contributed by atoms with Crippen molar-refractivity contribution in [1.29, 1.82) is 0 Å². The molecule has 0 saturated carbocycles. The molecule has 0 aliphatic heterocycles. The van der Waals surface area contributed by atoms with Crippen molar-refractivity contribution in [2.24, 2.45) is 21.9 Å². The number of hydrogen-bond donors (Lipinski definition) is 2. The molecule has 16 heavy (non-hydrogen) atoms. The third-order valence-electron chi connectivity index (χ3n) is 2.76. The molecule has 3 heteroatoms. The molecule has 0 aromatic rings. The van der Waals surface area contributed by atoms with Crippen LogP contribution in [0, 0.1) is 5.41 Å². The zero-order valence-corrected chi connectivity index (χ0v) is 10.8. The summed E-state index contributed by atoms with van der Waals surface area (Å²) in [6, 6.07) is 0. The predicted octanol–water partition coefficient (Wildman–Crippen LogP) is 2.94. The molecule has 0 radical (unpaired) electrons. The van der Waals surface area contributed by atoms with Gasteiger partial charge in [-0.25, -0.2) is 4.99 Å². The lowest BCUT2D eigenvalue weighted by Gasteiger charge is -2.25. The van der Waals surface area contributed by atoms with Gasteiger partial charge < -0.3 is 11.5 Å². The molecule has 0 atom stereocenters. The Labute approximate surface area is 99.3 Å². The lowest BCUT2D eigenvalue weighted by molar-refractivity contribution is 0.394. The Hall–Kier alpha value is -1.25. The van der Waals surface area contributed by atoms with Crippen LogP contribution in [0.3, 0.4) is 0 Å².